The Balaban J connectivity index is 2.60. The van der Waals surface area contributed by atoms with Crippen molar-refractivity contribution < 1.29 is 0 Å². The Morgan fingerprint density at radius 3 is 2.86 bits per heavy atom. The molecule has 0 aromatic carbocycles. The number of nitrogens with zero attached hydrogens (tertiary/aromatic N) is 3. The normalized spacial score (nSPS) is 10.4. The Bertz CT molecular complexity index is 512. The van der Waals surface area contributed by atoms with Gasteiger partial charge in [0.25, 0.3) is 0 Å². The minimum absolute atomic E-state index is 0.572. The van der Waals surface area contributed by atoms with Crippen LogP contribution in [0.5, 0.6) is 0 Å². The molecule has 3 N–H and O–H groups in total. The molecular weight excluding hydrogens is 198 g/mol. The Morgan fingerprint density at radius 1 is 1.50 bits per heavy atom. The lowest BCUT2D eigenvalue weighted by Crippen LogP contribution is -1.94. The van der Waals surface area contributed by atoms with Gasteiger partial charge in [0.15, 0.2) is 10.6 Å². The smallest absolute Gasteiger partial charge is 0.195 e. The van der Waals surface area contributed by atoms with E-state index in [0.717, 1.165) is 11.4 Å². The van der Waals surface area contributed by atoms with Gasteiger partial charge in [0.1, 0.15) is 0 Å². The topological polar surface area (TPSA) is 72.5 Å². The summed E-state index contributed by atoms with van der Waals surface area (Å²) in [6, 6.07) is 1.80. The molecule has 0 aliphatic heterocycles. The number of hydrogen-bond donors (Lipinski definition) is 2. The van der Waals surface area contributed by atoms with Crippen molar-refractivity contribution in [3.05, 3.63) is 23.2 Å². The average molecular weight is 207 g/mol. The van der Waals surface area contributed by atoms with E-state index in [0.29, 0.717) is 10.5 Å². The van der Waals surface area contributed by atoms with Crippen LogP contribution >= 0.6 is 12.2 Å². The van der Waals surface area contributed by atoms with Gasteiger partial charge in [0.05, 0.1) is 5.69 Å². The predicted octanol–water partition coefficient (Wildman–Crippen LogP) is 1.12. The summed E-state index contributed by atoms with van der Waals surface area (Å²) < 4.78 is 2.34. The second-order valence-electron chi connectivity index (χ2n) is 2.92. The SMILES string of the molecule is Cn1c(-c2cncc(N)c2)n[nH]c1=S. The number of nitrogens with two attached hydrogens (primary N) is 1. The average Bonchev–Trinajstić information content (AvgIpc) is 2.48. The second-order valence-corrected chi connectivity index (χ2v) is 3.31. The second kappa shape index (κ2) is 3.22. The molecule has 14 heavy (non-hydrogen) atoms. The van der Waals surface area contributed by atoms with E-state index in [1.807, 2.05) is 7.05 Å². The monoisotopic (exact) mass is 207 g/mol. The van der Waals surface area contributed by atoms with E-state index in [1.54, 1.807) is 23.0 Å². The third-order valence-corrected chi connectivity index (χ3v) is 2.26. The molecule has 72 valence electrons. The first kappa shape index (κ1) is 8.89. The van der Waals surface area contributed by atoms with Crippen molar-refractivity contribution in [2.75, 3.05) is 5.73 Å². The molecule has 0 saturated heterocycles. The number of H-pyrrole nitrogens is 1. The minimum atomic E-state index is 0.572. The van der Waals surface area contributed by atoms with Crippen LogP contribution in [0.15, 0.2) is 18.5 Å². The third kappa shape index (κ3) is 1.39. The largest absolute Gasteiger partial charge is 0.397 e. The maximum absolute atomic E-state index is 5.62. The van der Waals surface area contributed by atoms with Crippen LogP contribution in [0.2, 0.25) is 0 Å². The highest BCUT2D eigenvalue weighted by Crippen LogP contribution is 2.16. The zero-order valence-corrected chi connectivity index (χ0v) is 8.38. The predicted molar refractivity (Wildman–Crippen MR) is 56.0 cm³/mol. The zero-order chi connectivity index (χ0) is 10.1. The lowest BCUT2D eigenvalue weighted by Gasteiger charge is -2.00. The molecule has 0 fully saturated rings. The minimum Gasteiger partial charge on any atom is -0.397 e. The van der Waals surface area contributed by atoms with E-state index in [1.165, 1.54) is 0 Å². The van der Waals surface area contributed by atoms with Crippen molar-refractivity contribution in [2.45, 2.75) is 0 Å². The van der Waals surface area contributed by atoms with Gasteiger partial charge in [-0.15, -0.1) is 0 Å². The summed E-state index contributed by atoms with van der Waals surface area (Å²) in [6.07, 6.45) is 3.28. The molecular formula is C8H9N5S. The van der Waals surface area contributed by atoms with Crippen LogP contribution in [0.4, 0.5) is 5.69 Å². The number of hydrogen-bond acceptors (Lipinski definition) is 4. The van der Waals surface area contributed by atoms with Crippen molar-refractivity contribution >= 4 is 17.9 Å². The fourth-order valence-corrected chi connectivity index (χ4v) is 1.32. The first-order valence-electron chi connectivity index (χ1n) is 4.01. The van der Waals surface area contributed by atoms with Crippen LogP contribution in [0, 0.1) is 4.77 Å². The summed E-state index contributed by atoms with van der Waals surface area (Å²) in [6.45, 7) is 0. The number of rotatable bonds is 1. The van der Waals surface area contributed by atoms with Crippen molar-refractivity contribution in [3.8, 4) is 11.4 Å². The number of nitrogens with one attached hydrogen (secondary N) is 1. The number of nitrogen functional groups attached to an aromatic ring is 1. The summed E-state index contributed by atoms with van der Waals surface area (Å²) in [5.74, 6) is 0.731. The van der Waals surface area contributed by atoms with Crippen molar-refractivity contribution in [1.29, 1.82) is 0 Å². The maximum atomic E-state index is 5.62. The summed E-state index contributed by atoms with van der Waals surface area (Å²) in [7, 11) is 1.84. The van der Waals surface area contributed by atoms with Crippen LogP contribution in [0.25, 0.3) is 11.4 Å². The first-order valence-corrected chi connectivity index (χ1v) is 4.41. The van der Waals surface area contributed by atoms with Gasteiger partial charge in [0.2, 0.25) is 0 Å². The fourth-order valence-electron chi connectivity index (χ4n) is 1.19. The molecule has 0 radical (unpaired) electrons. The van der Waals surface area contributed by atoms with Gasteiger partial charge in [-0.1, -0.05) is 0 Å². The summed E-state index contributed by atoms with van der Waals surface area (Å²) in [4.78, 5) is 3.98. The summed E-state index contributed by atoms with van der Waals surface area (Å²) >= 11 is 5.00. The van der Waals surface area contributed by atoms with Crippen LogP contribution in [0.3, 0.4) is 0 Å². The van der Waals surface area contributed by atoms with E-state index >= 15 is 0 Å². The summed E-state index contributed by atoms with van der Waals surface area (Å²) in [5, 5.41) is 6.78. The van der Waals surface area contributed by atoms with E-state index in [4.69, 9.17) is 18.0 Å². The molecule has 0 aliphatic rings. The highest BCUT2D eigenvalue weighted by molar-refractivity contribution is 7.71. The lowest BCUT2D eigenvalue weighted by atomic mass is 10.2. The van der Waals surface area contributed by atoms with E-state index in [-0.39, 0.29) is 0 Å². The number of aromatic nitrogens is 4. The molecule has 0 aliphatic carbocycles. The van der Waals surface area contributed by atoms with Gasteiger partial charge in [-0.2, -0.15) is 5.10 Å². The Kier molecular flexibility index (Phi) is 2.05. The van der Waals surface area contributed by atoms with Gasteiger partial charge in [-0.3, -0.25) is 10.1 Å². The van der Waals surface area contributed by atoms with Crippen molar-refractivity contribution in [3.63, 3.8) is 0 Å². The lowest BCUT2D eigenvalue weighted by molar-refractivity contribution is 0.901. The molecule has 5 nitrogen and oxygen atoms in total. The molecule has 0 unspecified atom stereocenters. The Labute approximate surface area is 85.6 Å². The van der Waals surface area contributed by atoms with E-state index in [2.05, 4.69) is 15.2 Å². The van der Waals surface area contributed by atoms with Gasteiger partial charge < -0.3 is 10.3 Å². The van der Waals surface area contributed by atoms with Crippen LogP contribution in [-0.4, -0.2) is 19.7 Å². The molecule has 0 saturated carbocycles. The van der Waals surface area contributed by atoms with E-state index in [9.17, 15) is 0 Å². The number of aromatic amines is 1. The standard InChI is InChI=1S/C8H9N5S/c1-13-7(11-12-8(13)14)5-2-6(9)4-10-3-5/h2-4H,9H2,1H3,(H,12,14). The highest BCUT2D eigenvalue weighted by atomic mass is 32.1. The molecule has 0 atom stereocenters. The quantitative estimate of drug-likeness (QED) is 0.687. The third-order valence-electron chi connectivity index (χ3n) is 1.90. The molecule has 2 aromatic heterocycles. The van der Waals surface area contributed by atoms with Crippen LogP contribution in [-0.2, 0) is 7.05 Å². The molecule has 6 heteroatoms. The number of pyridine rings is 1. The fraction of sp³-hybridized carbons (Fsp3) is 0.125. The van der Waals surface area contributed by atoms with Crippen LogP contribution in [0.1, 0.15) is 0 Å². The van der Waals surface area contributed by atoms with Crippen molar-refractivity contribution in [1.82, 2.24) is 19.7 Å². The van der Waals surface area contributed by atoms with E-state index < -0.39 is 0 Å². The van der Waals surface area contributed by atoms with Gasteiger partial charge in [0, 0.05) is 25.0 Å². The number of anilines is 1. The van der Waals surface area contributed by atoms with Crippen LogP contribution < -0.4 is 5.73 Å². The zero-order valence-electron chi connectivity index (χ0n) is 7.56. The molecule has 0 spiro atoms. The molecule has 0 amide bonds. The van der Waals surface area contributed by atoms with Gasteiger partial charge in [-0.05, 0) is 18.3 Å². The Hall–Kier alpha value is -1.69. The van der Waals surface area contributed by atoms with Gasteiger partial charge >= 0.3 is 0 Å². The summed E-state index contributed by atoms with van der Waals surface area (Å²) in [5.41, 5.74) is 7.07. The van der Waals surface area contributed by atoms with Crippen molar-refractivity contribution in [2.24, 2.45) is 7.05 Å². The molecule has 0 bridgehead atoms. The van der Waals surface area contributed by atoms with Gasteiger partial charge in [-0.25, -0.2) is 0 Å². The first-order chi connectivity index (χ1) is 6.68. The highest BCUT2D eigenvalue weighted by Gasteiger charge is 2.05. The Morgan fingerprint density at radius 2 is 2.29 bits per heavy atom. The molecule has 2 rings (SSSR count). The molecule has 2 heterocycles. The molecule has 2 aromatic rings. The maximum Gasteiger partial charge on any atom is 0.195 e.